The van der Waals surface area contributed by atoms with Crippen LogP contribution < -0.4 is 0 Å². The van der Waals surface area contributed by atoms with Gasteiger partial charge in [-0.25, -0.2) is 0 Å². The van der Waals surface area contributed by atoms with Crippen molar-refractivity contribution >= 4 is 18.6 Å². The standard InChI is InChI=1S/C8H14O2S/c9-8(6-11)10-7-4-2-1-3-5-7/h7,11H,1-6H2. The van der Waals surface area contributed by atoms with Crippen molar-refractivity contribution in [2.45, 2.75) is 38.2 Å². The summed E-state index contributed by atoms with van der Waals surface area (Å²) in [6.45, 7) is 0. The van der Waals surface area contributed by atoms with Crippen LogP contribution in [0.5, 0.6) is 0 Å². The van der Waals surface area contributed by atoms with Crippen LogP contribution in [0.1, 0.15) is 32.1 Å². The van der Waals surface area contributed by atoms with Crippen LogP contribution in [0.3, 0.4) is 0 Å². The predicted octanol–water partition coefficient (Wildman–Crippen LogP) is 1.79. The normalized spacial score (nSPS) is 19.7. The number of carbonyl (C=O) groups is 1. The first kappa shape index (κ1) is 8.91. The molecule has 0 heterocycles. The van der Waals surface area contributed by atoms with E-state index in [4.69, 9.17) is 4.74 Å². The Bertz CT molecular complexity index is 130. The van der Waals surface area contributed by atoms with E-state index in [-0.39, 0.29) is 17.8 Å². The molecule has 0 saturated heterocycles. The van der Waals surface area contributed by atoms with Gasteiger partial charge in [-0.1, -0.05) is 6.42 Å². The maximum Gasteiger partial charge on any atom is 0.315 e. The highest BCUT2D eigenvalue weighted by Gasteiger charge is 2.16. The van der Waals surface area contributed by atoms with Crippen molar-refractivity contribution in [2.75, 3.05) is 5.75 Å². The molecule has 1 rings (SSSR count). The zero-order chi connectivity index (χ0) is 8.10. The van der Waals surface area contributed by atoms with Crippen molar-refractivity contribution in [3.05, 3.63) is 0 Å². The molecule has 0 bridgehead atoms. The molecule has 0 aliphatic heterocycles. The summed E-state index contributed by atoms with van der Waals surface area (Å²) in [4.78, 5) is 10.8. The van der Waals surface area contributed by atoms with Crippen LogP contribution >= 0.6 is 12.6 Å². The molecular formula is C8H14O2S. The van der Waals surface area contributed by atoms with Gasteiger partial charge < -0.3 is 4.74 Å². The molecule has 11 heavy (non-hydrogen) atoms. The molecule has 0 atom stereocenters. The summed E-state index contributed by atoms with van der Waals surface area (Å²) in [5, 5.41) is 0. The third-order valence-electron chi connectivity index (χ3n) is 1.98. The van der Waals surface area contributed by atoms with Gasteiger partial charge in [0.25, 0.3) is 0 Å². The number of rotatable bonds is 2. The molecule has 1 aliphatic rings. The fraction of sp³-hybridized carbons (Fsp3) is 0.875. The van der Waals surface area contributed by atoms with Gasteiger partial charge in [0.05, 0.1) is 5.75 Å². The van der Waals surface area contributed by atoms with Crippen LogP contribution in [0.2, 0.25) is 0 Å². The second kappa shape index (κ2) is 4.65. The number of ether oxygens (including phenoxy) is 1. The van der Waals surface area contributed by atoms with Gasteiger partial charge in [-0.15, -0.1) is 0 Å². The molecule has 2 nitrogen and oxygen atoms in total. The van der Waals surface area contributed by atoms with Crippen molar-refractivity contribution in [3.8, 4) is 0 Å². The van der Waals surface area contributed by atoms with E-state index in [0.29, 0.717) is 0 Å². The summed E-state index contributed by atoms with van der Waals surface area (Å²) in [6, 6.07) is 0. The fourth-order valence-electron chi connectivity index (χ4n) is 1.41. The summed E-state index contributed by atoms with van der Waals surface area (Å²) in [5.74, 6) is 0.0245. The van der Waals surface area contributed by atoms with Gasteiger partial charge in [0.2, 0.25) is 0 Å². The molecule has 64 valence electrons. The van der Waals surface area contributed by atoms with E-state index in [1.165, 1.54) is 19.3 Å². The molecule has 0 N–H and O–H groups in total. The quantitative estimate of drug-likeness (QED) is 0.510. The predicted molar refractivity (Wildman–Crippen MR) is 46.8 cm³/mol. The lowest BCUT2D eigenvalue weighted by Crippen LogP contribution is -2.21. The zero-order valence-electron chi connectivity index (χ0n) is 6.58. The van der Waals surface area contributed by atoms with Crippen molar-refractivity contribution in [1.82, 2.24) is 0 Å². The number of thiol groups is 1. The van der Waals surface area contributed by atoms with Crippen LogP contribution in [0.4, 0.5) is 0 Å². The number of hydrogen-bond donors (Lipinski definition) is 1. The molecule has 0 unspecified atom stereocenters. The number of hydrogen-bond acceptors (Lipinski definition) is 3. The number of esters is 1. The van der Waals surface area contributed by atoms with Crippen LogP contribution in [-0.2, 0) is 9.53 Å². The van der Waals surface area contributed by atoms with E-state index in [1.54, 1.807) is 0 Å². The summed E-state index contributed by atoms with van der Waals surface area (Å²) in [5.41, 5.74) is 0. The Hall–Kier alpha value is -0.180. The van der Waals surface area contributed by atoms with E-state index in [2.05, 4.69) is 12.6 Å². The molecule has 3 heteroatoms. The maximum atomic E-state index is 10.8. The van der Waals surface area contributed by atoms with E-state index in [9.17, 15) is 4.79 Å². The third kappa shape index (κ3) is 3.14. The molecule has 1 fully saturated rings. The molecule has 1 saturated carbocycles. The second-order valence-electron chi connectivity index (χ2n) is 2.91. The molecule has 0 aromatic heterocycles. The van der Waals surface area contributed by atoms with E-state index in [1.807, 2.05) is 0 Å². The van der Waals surface area contributed by atoms with Crippen molar-refractivity contribution in [3.63, 3.8) is 0 Å². The Kier molecular flexibility index (Phi) is 3.77. The molecule has 0 spiro atoms. The largest absolute Gasteiger partial charge is 0.462 e. The Morgan fingerprint density at radius 2 is 2.00 bits per heavy atom. The Morgan fingerprint density at radius 3 is 2.55 bits per heavy atom. The Morgan fingerprint density at radius 1 is 1.36 bits per heavy atom. The first-order valence-corrected chi connectivity index (χ1v) is 4.76. The fourth-order valence-corrected chi connectivity index (χ4v) is 1.48. The van der Waals surface area contributed by atoms with Crippen LogP contribution in [0.15, 0.2) is 0 Å². The summed E-state index contributed by atoms with van der Waals surface area (Å²) in [7, 11) is 0. The summed E-state index contributed by atoms with van der Waals surface area (Å²) < 4.78 is 5.13. The summed E-state index contributed by atoms with van der Waals surface area (Å²) >= 11 is 3.84. The third-order valence-corrected chi connectivity index (χ3v) is 2.24. The first-order valence-electron chi connectivity index (χ1n) is 4.13. The lowest BCUT2D eigenvalue weighted by Gasteiger charge is -2.21. The van der Waals surface area contributed by atoms with E-state index >= 15 is 0 Å². The minimum Gasteiger partial charge on any atom is -0.462 e. The minimum atomic E-state index is -0.180. The SMILES string of the molecule is O=C(CS)OC1CCCCC1. The Balaban J connectivity index is 2.19. The van der Waals surface area contributed by atoms with Gasteiger partial charge in [-0.3, -0.25) is 4.79 Å². The van der Waals surface area contributed by atoms with Crippen molar-refractivity contribution < 1.29 is 9.53 Å². The van der Waals surface area contributed by atoms with Gasteiger partial charge in [0.1, 0.15) is 6.10 Å². The van der Waals surface area contributed by atoms with Gasteiger partial charge in [-0.2, -0.15) is 12.6 Å². The van der Waals surface area contributed by atoms with Gasteiger partial charge in [0, 0.05) is 0 Å². The lowest BCUT2D eigenvalue weighted by atomic mass is 9.98. The topological polar surface area (TPSA) is 26.3 Å². The minimum absolute atomic E-state index is 0.180. The van der Waals surface area contributed by atoms with Crippen molar-refractivity contribution in [1.29, 1.82) is 0 Å². The van der Waals surface area contributed by atoms with E-state index < -0.39 is 0 Å². The smallest absolute Gasteiger partial charge is 0.315 e. The van der Waals surface area contributed by atoms with E-state index in [0.717, 1.165) is 12.8 Å². The highest BCUT2D eigenvalue weighted by Crippen LogP contribution is 2.20. The van der Waals surface area contributed by atoms with Gasteiger partial charge in [0.15, 0.2) is 0 Å². The van der Waals surface area contributed by atoms with Crippen molar-refractivity contribution in [2.24, 2.45) is 0 Å². The first-order chi connectivity index (χ1) is 5.33. The molecule has 0 aromatic rings. The van der Waals surface area contributed by atoms with Gasteiger partial charge >= 0.3 is 5.97 Å². The number of carbonyl (C=O) groups excluding carboxylic acids is 1. The van der Waals surface area contributed by atoms with Crippen LogP contribution in [-0.4, -0.2) is 17.8 Å². The average Bonchev–Trinajstić information content (AvgIpc) is 2.06. The van der Waals surface area contributed by atoms with Crippen LogP contribution in [0, 0.1) is 0 Å². The monoisotopic (exact) mass is 174 g/mol. The molecule has 1 aliphatic carbocycles. The summed E-state index contributed by atoms with van der Waals surface area (Å²) in [6.07, 6.45) is 5.95. The Labute approximate surface area is 72.7 Å². The molecule has 0 radical (unpaired) electrons. The van der Waals surface area contributed by atoms with Gasteiger partial charge in [-0.05, 0) is 25.7 Å². The molecule has 0 aromatic carbocycles. The average molecular weight is 174 g/mol. The lowest BCUT2D eigenvalue weighted by molar-refractivity contribution is -0.147. The van der Waals surface area contributed by atoms with Crippen LogP contribution in [0.25, 0.3) is 0 Å². The zero-order valence-corrected chi connectivity index (χ0v) is 7.48. The maximum absolute atomic E-state index is 10.8. The second-order valence-corrected chi connectivity index (χ2v) is 3.22. The highest BCUT2D eigenvalue weighted by molar-refractivity contribution is 7.81. The molecular weight excluding hydrogens is 160 g/mol. The highest BCUT2D eigenvalue weighted by atomic mass is 32.1. The molecule has 0 amide bonds.